The number of aryl methyl sites for hydroxylation is 1. The molecule has 0 aromatic heterocycles. The minimum Gasteiger partial charge on any atom is -0.350 e. The summed E-state index contributed by atoms with van der Waals surface area (Å²) in [6, 6.07) is 4.42. The van der Waals surface area contributed by atoms with Crippen LogP contribution in [0.5, 0.6) is 0 Å². The van der Waals surface area contributed by atoms with E-state index in [9.17, 15) is 14.0 Å². The van der Waals surface area contributed by atoms with Crippen molar-refractivity contribution >= 4 is 11.9 Å². The smallest absolute Gasteiger partial charge is 0.315 e. The number of carbonyl (C=O) groups excluding carboxylic acids is 2. The van der Waals surface area contributed by atoms with Crippen molar-refractivity contribution < 1.29 is 14.0 Å². The standard InChI is InChI=1S/C17H24FN3O2/c1-12-7-8-13(11-15(12)18)16(22)19-9-10-20-17(23)21-14-5-3-2-4-6-14/h7-8,11,14H,2-6,9-10H2,1H3,(H,19,22)(H2,20,21,23). The lowest BCUT2D eigenvalue weighted by Crippen LogP contribution is -2.45. The van der Waals surface area contributed by atoms with Crippen LogP contribution in [0.1, 0.15) is 48.0 Å². The third-order valence-electron chi connectivity index (χ3n) is 4.07. The zero-order valence-electron chi connectivity index (χ0n) is 13.5. The minimum absolute atomic E-state index is 0.201. The Balaban J connectivity index is 1.65. The number of hydrogen-bond acceptors (Lipinski definition) is 2. The summed E-state index contributed by atoms with van der Waals surface area (Å²) in [6.45, 7) is 2.27. The molecule has 0 atom stereocenters. The Morgan fingerprint density at radius 3 is 2.52 bits per heavy atom. The van der Waals surface area contributed by atoms with Gasteiger partial charge in [-0.15, -0.1) is 0 Å². The highest BCUT2D eigenvalue weighted by atomic mass is 19.1. The summed E-state index contributed by atoms with van der Waals surface area (Å²) in [5, 5.41) is 8.31. The van der Waals surface area contributed by atoms with Crippen molar-refractivity contribution in [3.63, 3.8) is 0 Å². The SMILES string of the molecule is Cc1ccc(C(=O)NCCNC(=O)NC2CCCCC2)cc1F. The fourth-order valence-electron chi connectivity index (χ4n) is 2.67. The lowest BCUT2D eigenvalue weighted by molar-refractivity contribution is 0.0953. The summed E-state index contributed by atoms with van der Waals surface area (Å²) in [7, 11) is 0. The van der Waals surface area contributed by atoms with Crippen LogP contribution in [0.3, 0.4) is 0 Å². The van der Waals surface area contributed by atoms with E-state index in [-0.39, 0.29) is 23.5 Å². The van der Waals surface area contributed by atoms with Gasteiger partial charge in [0.05, 0.1) is 0 Å². The second-order valence-electron chi connectivity index (χ2n) is 5.96. The van der Waals surface area contributed by atoms with Gasteiger partial charge in [0.25, 0.3) is 5.91 Å². The van der Waals surface area contributed by atoms with Gasteiger partial charge in [-0.3, -0.25) is 4.79 Å². The molecule has 0 saturated heterocycles. The number of amides is 3. The number of rotatable bonds is 5. The number of nitrogens with one attached hydrogen (secondary N) is 3. The molecule has 126 valence electrons. The molecule has 0 radical (unpaired) electrons. The Bertz CT molecular complexity index is 557. The monoisotopic (exact) mass is 321 g/mol. The van der Waals surface area contributed by atoms with Gasteiger partial charge in [0.15, 0.2) is 0 Å². The molecular weight excluding hydrogens is 297 g/mol. The van der Waals surface area contributed by atoms with Crippen molar-refractivity contribution in [1.82, 2.24) is 16.0 Å². The Labute approximate surface area is 136 Å². The lowest BCUT2D eigenvalue weighted by Gasteiger charge is -2.22. The van der Waals surface area contributed by atoms with Crippen LogP contribution in [0.2, 0.25) is 0 Å². The summed E-state index contributed by atoms with van der Waals surface area (Å²) in [4.78, 5) is 23.6. The molecule has 5 nitrogen and oxygen atoms in total. The van der Waals surface area contributed by atoms with Crippen LogP contribution in [-0.4, -0.2) is 31.1 Å². The van der Waals surface area contributed by atoms with E-state index in [1.54, 1.807) is 19.1 Å². The Hall–Kier alpha value is -2.11. The summed E-state index contributed by atoms with van der Waals surface area (Å²) in [5.74, 6) is -0.749. The van der Waals surface area contributed by atoms with Crippen LogP contribution < -0.4 is 16.0 Å². The minimum atomic E-state index is -0.400. The van der Waals surface area contributed by atoms with Gasteiger partial charge in [-0.1, -0.05) is 25.3 Å². The van der Waals surface area contributed by atoms with Gasteiger partial charge in [0.1, 0.15) is 5.82 Å². The van der Waals surface area contributed by atoms with Crippen LogP contribution in [0.15, 0.2) is 18.2 Å². The lowest BCUT2D eigenvalue weighted by atomic mass is 9.96. The molecule has 1 fully saturated rings. The molecule has 0 spiro atoms. The number of halogens is 1. The summed E-state index contributed by atoms with van der Waals surface area (Å²) >= 11 is 0. The van der Waals surface area contributed by atoms with Gasteiger partial charge in [0.2, 0.25) is 0 Å². The van der Waals surface area contributed by atoms with Crippen molar-refractivity contribution in [2.24, 2.45) is 0 Å². The second-order valence-corrected chi connectivity index (χ2v) is 5.96. The molecule has 23 heavy (non-hydrogen) atoms. The quantitative estimate of drug-likeness (QED) is 0.729. The van der Waals surface area contributed by atoms with Crippen molar-refractivity contribution in [2.75, 3.05) is 13.1 Å². The van der Waals surface area contributed by atoms with E-state index in [1.807, 2.05) is 0 Å². The molecule has 1 aromatic rings. The Kier molecular flexibility index (Phi) is 6.38. The molecular formula is C17H24FN3O2. The number of benzene rings is 1. The van der Waals surface area contributed by atoms with Crippen molar-refractivity contribution in [2.45, 2.75) is 45.1 Å². The summed E-state index contributed by atoms with van der Waals surface area (Å²) in [5.41, 5.74) is 0.780. The first-order valence-electron chi connectivity index (χ1n) is 8.15. The largest absolute Gasteiger partial charge is 0.350 e. The molecule has 1 aliphatic rings. The third kappa shape index (κ3) is 5.54. The van der Waals surface area contributed by atoms with E-state index in [1.165, 1.54) is 12.5 Å². The first-order chi connectivity index (χ1) is 11.1. The van der Waals surface area contributed by atoms with Gasteiger partial charge in [-0.25, -0.2) is 9.18 Å². The van der Waals surface area contributed by atoms with E-state index in [0.29, 0.717) is 18.7 Å². The van der Waals surface area contributed by atoms with Gasteiger partial charge in [-0.2, -0.15) is 0 Å². The first kappa shape index (κ1) is 17.2. The summed E-state index contributed by atoms with van der Waals surface area (Å²) in [6.07, 6.45) is 5.62. The van der Waals surface area contributed by atoms with Gasteiger partial charge < -0.3 is 16.0 Å². The van der Waals surface area contributed by atoms with E-state index in [4.69, 9.17) is 0 Å². The normalized spacial score (nSPS) is 15.0. The highest BCUT2D eigenvalue weighted by molar-refractivity contribution is 5.94. The predicted octanol–water partition coefficient (Wildman–Crippen LogP) is 2.50. The van der Waals surface area contributed by atoms with Crippen LogP contribution in [0.25, 0.3) is 0 Å². The van der Waals surface area contributed by atoms with E-state index >= 15 is 0 Å². The highest BCUT2D eigenvalue weighted by Crippen LogP contribution is 2.17. The molecule has 1 aromatic carbocycles. The fourth-order valence-corrected chi connectivity index (χ4v) is 2.67. The van der Waals surface area contributed by atoms with Gasteiger partial charge in [-0.05, 0) is 37.5 Å². The number of urea groups is 1. The maximum Gasteiger partial charge on any atom is 0.315 e. The number of hydrogen-bond donors (Lipinski definition) is 3. The van der Waals surface area contributed by atoms with Crippen molar-refractivity contribution in [3.05, 3.63) is 35.1 Å². The van der Waals surface area contributed by atoms with Crippen LogP contribution in [-0.2, 0) is 0 Å². The van der Waals surface area contributed by atoms with Crippen molar-refractivity contribution in [1.29, 1.82) is 0 Å². The average molecular weight is 321 g/mol. The zero-order valence-corrected chi connectivity index (χ0v) is 13.5. The molecule has 0 bridgehead atoms. The molecule has 1 saturated carbocycles. The third-order valence-corrected chi connectivity index (χ3v) is 4.07. The van der Waals surface area contributed by atoms with E-state index in [0.717, 1.165) is 25.7 Å². The van der Waals surface area contributed by atoms with Gasteiger partial charge >= 0.3 is 6.03 Å². The average Bonchev–Trinajstić information content (AvgIpc) is 2.55. The highest BCUT2D eigenvalue weighted by Gasteiger charge is 2.15. The molecule has 6 heteroatoms. The molecule has 3 amide bonds. The number of carbonyl (C=O) groups is 2. The molecule has 3 N–H and O–H groups in total. The fraction of sp³-hybridized carbons (Fsp3) is 0.529. The topological polar surface area (TPSA) is 70.2 Å². The Morgan fingerprint density at radius 2 is 1.83 bits per heavy atom. The Morgan fingerprint density at radius 1 is 1.13 bits per heavy atom. The van der Waals surface area contributed by atoms with E-state index < -0.39 is 5.82 Å². The molecule has 0 unspecified atom stereocenters. The second kappa shape index (κ2) is 8.50. The van der Waals surface area contributed by atoms with Gasteiger partial charge in [0, 0.05) is 24.7 Å². The van der Waals surface area contributed by atoms with Crippen molar-refractivity contribution in [3.8, 4) is 0 Å². The van der Waals surface area contributed by atoms with Crippen LogP contribution in [0.4, 0.5) is 9.18 Å². The van der Waals surface area contributed by atoms with E-state index in [2.05, 4.69) is 16.0 Å². The maximum absolute atomic E-state index is 13.4. The summed E-state index contributed by atoms with van der Waals surface area (Å²) < 4.78 is 13.4. The maximum atomic E-state index is 13.4. The molecule has 0 aliphatic heterocycles. The molecule has 2 rings (SSSR count). The molecule has 0 heterocycles. The van der Waals surface area contributed by atoms with Crippen LogP contribution in [0, 0.1) is 12.7 Å². The zero-order chi connectivity index (χ0) is 16.7. The first-order valence-corrected chi connectivity index (χ1v) is 8.15. The van der Waals surface area contributed by atoms with Crippen LogP contribution >= 0.6 is 0 Å². The molecule has 1 aliphatic carbocycles. The predicted molar refractivity (Wildman–Crippen MR) is 86.9 cm³/mol.